The van der Waals surface area contributed by atoms with E-state index in [0.717, 1.165) is 5.01 Å². The van der Waals surface area contributed by atoms with E-state index in [-0.39, 0.29) is 24.9 Å². The Kier molecular flexibility index (Phi) is 6.06. The van der Waals surface area contributed by atoms with Crippen molar-refractivity contribution < 1.29 is 24.2 Å². The molecule has 24 heavy (non-hydrogen) atoms. The van der Waals surface area contributed by atoms with Crippen LogP contribution in [0.2, 0.25) is 0 Å². The van der Waals surface area contributed by atoms with Gasteiger partial charge < -0.3 is 14.6 Å². The summed E-state index contributed by atoms with van der Waals surface area (Å²) in [5.41, 5.74) is 3.12. The number of nitrogens with one attached hydrogen (secondary N) is 1. The lowest BCUT2D eigenvalue weighted by atomic mass is 9.93. The first-order valence-corrected chi connectivity index (χ1v) is 7.92. The first kappa shape index (κ1) is 17.7. The standard InChI is InChI=1S/C17H22N2O5/c1-3-23-16(21)18-19(17(22)24-4-2)14-10-7-9-12(14)13-8-5-6-11-15(13)20/h5-9,11-12,14,20H,3-4,10H2,1-2H3,(H,18,21)/t12-,14+/m0/s1. The first-order chi connectivity index (χ1) is 11.6. The number of carbonyl (C=O) groups excluding carboxylic acids is 2. The third-order valence-electron chi connectivity index (χ3n) is 3.71. The highest BCUT2D eigenvalue weighted by Gasteiger charge is 2.36. The molecule has 1 aliphatic rings. The second kappa shape index (κ2) is 8.24. The third-order valence-corrected chi connectivity index (χ3v) is 3.71. The van der Waals surface area contributed by atoms with E-state index >= 15 is 0 Å². The minimum absolute atomic E-state index is 0.138. The summed E-state index contributed by atoms with van der Waals surface area (Å²) >= 11 is 0. The fourth-order valence-electron chi connectivity index (χ4n) is 2.70. The summed E-state index contributed by atoms with van der Waals surface area (Å²) in [5.74, 6) is -0.128. The Labute approximate surface area is 140 Å². The van der Waals surface area contributed by atoms with Gasteiger partial charge >= 0.3 is 12.2 Å². The smallest absolute Gasteiger partial charge is 0.429 e. The lowest BCUT2D eigenvalue weighted by molar-refractivity contribution is 0.0539. The minimum atomic E-state index is -0.728. The van der Waals surface area contributed by atoms with Crippen LogP contribution in [0.1, 0.15) is 31.7 Å². The number of amides is 2. The van der Waals surface area contributed by atoms with Crippen LogP contribution in [-0.4, -0.2) is 41.6 Å². The van der Waals surface area contributed by atoms with Gasteiger partial charge in [0, 0.05) is 11.5 Å². The van der Waals surface area contributed by atoms with Crippen molar-refractivity contribution >= 4 is 12.2 Å². The molecule has 2 N–H and O–H groups in total. The van der Waals surface area contributed by atoms with Crippen LogP contribution in [0.5, 0.6) is 5.75 Å². The molecule has 1 aromatic carbocycles. The van der Waals surface area contributed by atoms with Crippen molar-refractivity contribution in [3.8, 4) is 5.75 Å². The third kappa shape index (κ3) is 3.98. The average molecular weight is 334 g/mol. The Balaban J connectivity index is 2.25. The van der Waals surface area contributed by atoms with Gasteiger partial charge in [0.2, 0.25) is 0 Å². The molecule has 1 aliphatic carbocycles. The van der Waals surface area contributed by atoms with Crippen LogP contribution in [0.15, 0.2) is 36.4 Å². The van der Waals surface area contributed by atoms with Crippen molar-refractivity contribution in [3.05, 3.63) is 42.0 Å². The number of carbonyl (C=O) groups is 2. The molecule has 0 radical (unpaired) electrons. The molecule has 130 valence electrons. The van der Waals surface area contributed by atoms with Gasteiger partial charge in [0.1, 0.15) is 5.75 Å². The molecule has 2 amide bonds. The number of benzene rings is 1. The van der Waals surface area contributed by atoms with E-state index in [9.17, 15) is 14.7 Å². The lowest BCUT2D eigenvalue weighted by Crippen LogP contribution is -2.53. The van der Waals surface area contributed by atoms with Gasteiger partial charge in [-0.15, -0.1) is 0 Å². The second-order valence-electron chi connectivity index (χ2n) is 5.22. The molecule has 2 rings (SSSR count). The zero-order chi connectivity index (χ0) is 17.5. The van der Waals surface area contributed by atoms with Gasteiger partial charge in [-0.2, -0.15) is 0 Å². The van der Waals surface area contributed by atoms with Crippen LogP contribution in [0.4, 0.5) is 9.59 Å². The predicted octanol–water partition coefficient (Wildman–Crippen LogP) is 2.92. The van der Waals surface area contributed by atoms with Crippen molar-refractivity contribution in [3.63, 3.8) is 0 Å². The summed E-state index contributed by atoms with van der Waals surface area (Å²) in [6.07, 6.45) is 2.93. The highest BCUT2D eigenvalue weighted by molar-refractivity contribution is 5.74. The van der Waals surface area contributed by atoms with Crippen LogP contribution >= 0.6 is 0 Å². The van der Waals surface area contributed by atoms with Gasteiger partial charge in [-0.25, -0.2) is 20.0 Å². The predicted molar refractivity (Wildman–Crippen MR) is 87.4 cm³/mol. The molecule has 0 spiro atoms. The van der Waals surface area contributed by atoms with Gasteiger partial charge in [-0.3, -0.25) is 0 Å². The molecule has 2 atom stereocenters. The summed E-state index contributed by atoms with van der Waals surface area (Å²) in [6, 6.07) is 6.50. The van der Waals surface area contributed by atoms with Crippen LogP contribution in [0.3, 0.4) is 0 Å². The Morgan fingerprint density at radius 1 is 1.25 bits per heavy atom. The highest BCUT2D eigenvalue weighted by atomic mass is 16.6. The number of nitrogens with zero attached hydrogens (tertiary/aromatic N) is 1. The van der Waals surface area contributed by atoms with E-state index in [0.29, 0.717) is 12.0 Å². The normalized spacial score (nSPS) is 18.9. The number of phenols is 1. The Hall–Kier alpha value is -2.70. The average Bonchev–Trinajstić information content (AvgIpc) is 3.02. The number of para-hydroxylation sites is 1. The Bertz CT molecular complexity index is 617. The number of hydrogen-bond donors (Lipinski definition) is 2. The monoisotopic (exact) mass is 334 g/mol. The summed E-state index contributed by atoms with van der Waals surface area (Å²) in [6.45, 7) is 3.74. The zero-order valence-corrected chi connectivity index (χ0v) is 13.8. The molecule has 0 unspecified atom stereocenters. The highest BCUT2D eigenvalue weighted by Crippen LogP contribution is 2.36. The van der Waals surface area contributed by atoms with E-state index in [1.807, 2.05) is 18.2 Å². The number of hydrazine groups is 1. The molecule has 1 aromatic rings. The van der Waals surface area contributed by atoms with Gasteiger partial charge in [0.15, 0.2) is 0 Å². The minimum Gasteiger partial charge on any atom is -0.508 e. The van der Waals surface area contributed by atoms with Crippen molar-refractivity contribution in [2.24, 2.45) is 0 Å². The van der Waals surface area contributed by atoms with Crippen LogP contribution < -0.4 is 5.43 Å². The molecule has 0 aliphatic heterocycles. The number of rotatable bonds is 4. The maximum Gasteiger partial charge on any atom is 0.429 e. The zero-order valence-electron chi connectivity index (χ0n) is 13.8. The van der Waals surface area contributed by atoms with Gasteiger partial charge in [-0.1, -0.05) is 30.4 Å². The fraction of sp³-hybridized carbons (Fsp3) is 0.412. The van der Waals surface area contributed by atoms with E-state index in [1.165, 1.54) is 0 Å². The van der Waals surface area contributed by atoms with E-state index in [4.69, 9.17) is 9.47 Å². The summed E-state index contributed by atoms with van der Waals surface area (Å²) in [5, 5.41) is 11.2. The number of ether oxygens (including phenoxy) is 2. The van der Waals surface area contributed by atoms with E-state index in [2.05, 4.69) is 5.43 Å². The molecule has 0 bridgehead atoms. The maximum absolute atomic E-state index is 12.3. The van der Waals surface area contributed by atoms with Crippen molar-refractivity contribution in [1.29, 1.82) is 0 Å². The quantitative estimate of drug-likeness (QED) is 0.653. The number of hydrogen-bond acceptors (Lipinski definition) is 5. The Morgan fingerprint density at radius 3 is 2.62 bits per heavy atom. The molecule has 0 heterocycles. The lowest BCUT2D eigenvalue weighted by Gasteiger charge is -2.32. The largest absolute Gasteiger partial charge is 0.508 e. The van der Waals surface area contributed by atoms with Crippen LogP contribution in [-0.2, 0) is 9.47 Å². The SMILES string of the molecule is CCOC(=O)NN(C(=O)OCC)[C@@H]1CC=C[C@H]1c1ccccc1O. The molecule has 0 fully saturated rings. The van der Waals surface area contributed by atoms with Crippen molar-refractivity contribution in [1.82, 2.24) is 10.4 Å². The fourth-order valence-corrected chi connectivity index (χ4v) is 2.70. The molecule has 0 saturated heterocycles. The maximum atomic E-state index is 12.3. The first-order valence-electron chi connectivity index (χ1n) is 7.92. The summed E-state index contributed by atoms with van der Waals surface area (Å²) < 4.78 is 9.89. The second-order valence-corrected chi connectivity index (χ2v) is 5.22. The van der Waals surface area contributed by atoms with Crippen molar-refractivity contribution in [2.45, 2.75) is 32.2 Å². The number of phenolic OH excluding ortho intramolecular Hbond substituents is 1. The van der Waals surface area contributed by atoms with Gasteiger partial charge in [0.25, 0.3) is 0 Å². The molecule has 7 heteroatoms. The molecular formula is C17H22N2O5. The van der Waals surface area contributed by atoms with Gasteiger partial charge in [-0.05, 0) is 26.3 Å². The summed E-state index contributed by atoms with van der Waals surface area (Å²) in [4.78, 5) is 24.1. The molecule has 0 saturated carbocycles. The van der Waals surface area contributed by atoms with Crippen molar-refractivity contribution in [2.75, 3.05) is 13.2 Å². The van der Waals surface area contributed by atoms with E-state index in [1.54, 1.807) is 32.0 Å². The van der Waals surface area contributed by atoms with Gasteiger partial charge in [0.05, 0.1) is 19.3 Å². The topological polar surface area (TPSA) is 88.1 Å². The molecule has 0 aromatic heterocycles. The number of aromatic hydroxyl groups is 1. The van der Waals surface area contributed by atoms with E-state index < -0.39 is 18.2 Å². The van der Waals surface area contributed by atoms with Crippen LogP contribution in [0.25, 0.3) is 0 Å². The Morgan fingerprint density at radius 2 is 1.96 bits per heavy atom. The molecule has 7 nitrogen and oxygen atoms in total. The molecular weight excluding hydrogens is 312 g/mol. The summed E-state index contributed by atoms with van der Waals surface area (Å²) in [7, 11) is 0. The van der Waals surface area contributed by atoms with Crippen LogP contribution in [0, 0.1) is 0 Å².